The summed E-state index contributed by atoms with van der Waals surface area (Å²) >= 11 is 0.610. The lowest BCUT2D eigenvalue weighted by atomic mass is 10.1. The monoisotopic (exact) mass is 556 g/mol. The average Bonchev–Trinajstić information content (AvgIpc) is 2.93. The summed E-state index contributed by atoms with van der Waals surface area (Å²) in [5, 5.41) is 38.3. The number of benzene rings is 3. The smallest absolute Gasteiger partial charge is 0.338 e. The van der Waals surface area contributed by atoms with Crippen molar-refractivity contribution in [3.8, 4) is 11.5 Å². The topological polar surface area (TPSA) is 191 Å². The van der Waals surface area contributed by atoms with E-state index in [9.17, 15) is 9.90 Å². The molecule has 3 aromatic rings. The molecule has 0 amide bonds. The van der Waals surface area contributed by atoms with Gasteiger partial charge in [-0.05, 0) is 42.8 Å². The highest BCUT2D eigenvalue weighted by Crippen LogP contribution is 2.42. The van der Waals surface area contributed by atoms with Crippen LogP contribution in [-0.4, -0.2) is 44.1 Å². The normalized spacial score (nSPS) is 11.5. The van der Waals surface area contributed by atoms with E-state index in [0.717, 1.165) is 5.56 Å². The third-order valence-corrected chi connectivity index (χ3v) is 5.59. The Morgan fingerprint density at radius 2 is 1.54 bits per heavy atom. The summed E-state index contributed by atoms with van der Waals surface area (Å²) in [6.07, 6.45) is 1.19. The molecule has 3 rings (SSSR count). The predicted molar refractivity (Wildman–Crippen MR) is 143 cm³/mol. The summed E-state index contributed by atoms with van der Waals surface area (Å²) in [6, 6.07) is 10.7. The summed E-state index contributed by atoms with van der Waals surface area (Å²) < 4.78 is 20.0. The molecule has 3 aromatic carbocycles. The number of hydrogen-bond donors (Lipinski definition) is 3. The van der Waals surface area contributed by atoms with E-state index < -0.39 is 5.97 Å². The number of methoxy groups -OCH3 is 3. The second kappa shape index (κ2) is 13.8. The van der Waals surface area contributed by atoms with Crippen molar-refractivity contribution in [3.05, 3.63) is 53.6 Å². The number of carboxylic acids is 1. The number of ether oxygens (including phenoxy) is 3. The Bertz CT molecular complexity index is 1430. The van der Waals surface area contributed by atoms with E-state index in [1.54, 1.807) is 18.2 Å². The molecular weight excluding hydrogens is 532 g/mol. The molecular formula is C24H24N6O8S. The highest BCUT2D eigenvalue weighted by molar-refractivity contribution is 7.94. The fraction of sp³-hybridized carbons (Fsp3) is 0.167. The zero-order valence-electron chi connectivity index (χ0n) is 21.2. The number of rotatable bonds is 12. The van der Waals surface area contributed by atoms with E-state index in [4.69, 9.17) is 25.2 Å². The Balaban J connectivity index is 2.03. The number of carbonyl (C=O) groups is 1. The van der Waals surface area contributed by atoms with Crippen LogP contribution >= 0.6 is 12.0 Å². The summed E-state index contributed by atoms with van der Waals surface area (Å²) in [5.41, 5.74) is 8.47. The van der Waals surface area contributed by atoms with E-state index in [1.165, 1.54) is 52.0 Å². The van der Waals surface area contributed by atoms with Crippen LogP contribution in [0.5, 0.6) is 11.5 Å². The molecule has 204 valence electrons. The molecule has 0 bridgehead atoms. The molecule has 0 spiro atoms. The lowest BCUT2D eigenvalue weighted by molar-refractivity contribution is -0.432. The van der Waals surface area contributed by atoms with E-state index in [1.807, 2.05) is 6.92 Å². The lowest BCUT2D eigenvalue weighted by Crippen LogP contribution is -1.97. The first kappa shape index (κ1) is 29.0. The minimum absolute atomic E-state index is 0.0499. The third-order valence-electron chi connectivity index (χ3n) is 5.01. The summed E-state index contributed by atoms with van der Waals surface area (Å²) in [4.78, 5) is 16.3. The van der Waals surface area contributed by atoms with E-state index in [-0.39, 0.29) is 16.9 Å². The zero-order valence-corrected chi connectivity index (χ0v) is 22.0. The Morgan fingerprint density at radius 3 is 2.21 bits per heavy atom. The summed E-state index contributed by atoms with van der Waals surface area (Å²) in [7, 11) is 4.38. The number of anilines is 1. The Kier molecular flexibility index (Phi) is 10.3. The van der Waals surface area contributed by atoms with Crippen molar-refractivity contribution >= 4 is 58.5 Å². The van der Waals surface area contributed by atoms with Crippen LogP contribution in [0.2, 0.25) is 0 Å². The van der Waals surface area contributed by atoms with Gasteiger partial charge in [0.15, 0.2) is 6.40 Å². The molecule has 14 nitrogen and oxygen atoms in total. The van der Waals surface area contributed by atoms with Crippen molar-refractivity contribution in [2.75, 3.05) is 27.1 Å². The van der Waals surface area contributed by atoms with Crippen LogP contribution in [0.1, 0.15) is 15.9 Å². The molecule has 0 saturated heterocycles. The number of nitrogen functional groups attached to an aromatic ring is 1. The van der Waals surface area contributed by atoms with Gasteiger partial charge in [-0.25, -0.2) is 15.0 Å². The first-order chi connectivity index (χ1) is 18.8. The van der Waals surface area contributed by atoms with E-state index in [2.05, 4.69) is 34.8 Å². The molecule has 0 unspecified atom stereocenters. The van der Waals surface area contributed by atoms with Crippen LogP contribution in [0.15, 0.2) is 72.8 Å². The van der Waals surface area contributed by atoms with Crippen molar-refractivity contribution in [2.45, 2.75) is 11.8 Å². The van der Waals surface area contributed by atoms with Crippen molar-refractivity contribution < 1.29 is 38.7 Å². The van der Waals surface area contributed by atoms with E-state index in [0.29, 0.717) is 51.2 Å². The molecule has 15 heteroatoms. The predicted octanol–water partition coefficient (Wildman–Crippen LogP) is 6.86. The standard InChI is InChI=1S/C24H24N6O8S/c1-13-7-16(25)22(35-3)10-18(13)28-30-21-9-19(26-12-34-2)20(11-23(21)36-4)29-27-17-6-5-14(39-38-37-33)8-15(17)24(31)32/h5-12,33H,25H2,1-4H3,(H,31,32)/b26-12-,29-27?,30-28?. The number of nitrogens with zero attached hydrogens (tertiary/aromatic N) is 5. The fourth-order valence-electron chi connectivity index (χ4n) is 3.16. The second-order valence-corrected chi connectivity index (χ2v) is 8.25. The Hall–Kier alpha value is -4.57. The maximum absolute atomic E-state index is 11.8. The second-order valence-electron chi connectivity index (χ2n) is 7.47. The van der Waals surface area contributed by atoms with Crippen LogP contribution in [0.3, 0.4) is 0 Å². The largest absolute Gasteiger partial charge is 0.495 e. The molecule has 0 aliphatic rings. The van der Waals surface area contributed by atoms with Gasteiger partial charge >= 0.3 is 5.97 Å². The number of aromatic carboxylic acids is 1. The molecule has 0 heterocycles. The number of hydrogen-bond acceptors (Lipinski definition) is 14. The van der Waals surface area contributed by atoms with Crippen molar-refractivity contribution in [2.24, 2.45) is 25.4 Å². The van der Waals surface area contributed by atoms with Crippen molar-refractivity contribution in [1.82, 2.24) is 0 Å². The fourth-order valence-corrected chi connectivity index (χ4v) is 3.56. The summed E-state index contributed by atoms with van der Waals surface area (Å²) in [5.74, 6) is -0.489. The van der Waals surface area contributed by atoms with Crippen LogP contribution in [0, 0.1) is 6.92 Å². The first-order valence-electron chi connectivity index (χ1n) is 10.9. The molecule has 0 atom stereocenters. The van der Waals surface area contributed by atoms with Gasteiger partial charge in [-0.1, -0.05) is 5.04 Å². The Morgan fingerprint density at radius 1 is 0.872 bits per heavy atom. The number of carboxylic acid groups (broad SMARTS) is 1. The first-order valence-corrected chi connectivity index (χ1v) is 11.6. The van der Waals surface area contributed by atoms with Crippen LogP contribution < -0.4 is 15.2 Å². The SMILES string of the molecule is CO/C=N\c1cc(N=Nc2cc(OC)c(N)cc2C)c(OC)cc1N=Nc1ccc(SOOO)cc1C(=O)O. The summed E-state index contributed by atoms with van der Waals surface area (Å²) in [6.45, 7) is 1.84. The Labute approximate surface area is 226 Å². The van der Waals surface area contributed by atoms with Gasteiger partial charge in [-0.2, -0.15) is 5.11 Å². The van der Waals surface area contributed by atoms with Crippen molar-refractivity contribution in [3.63, 3.8) is 0 Å². The minimum Gasteiger partial charge on any atom is -0.495 e. The maximum Gasteiger partial charge on any atom is 0.338 e. The van der Waals surface area contributed by atoms with Gasteiger partial charge < -0.3 is 25.1 Å². The number of nitrogens with two attached hydrogens (primary N) is 1. The van der Waals surface area contributed by atoms with Crippen LogP contribution in [0.25, 0.3) is 0 Å². The molecule has 39 heavy (non-hydrogen) atoms. The quantitative estimate of drug-likeness (QED) is 0.0404. The number of aliphatic imine (C=N–C) groups is 1. The molecule has 0 aliphatic heterocycles. The lowest BCUT2D eigenvalue weighted by Gasteiger charge is -2.09. The highest BCUT2D eigenvalue weighted by Gasteiger charge is 2.14. The molecule has 0 radical (unpaired) electrons. The molecule has 4 N–H and O–H groups in total. The molecule has 0 aromatic heterocycles. The van der Waals surface area contributed by atoms with Gasteiger partial charge in [0, 0.05) is 17.0 Å². The molecule has 0 fully saturated rings. The number of aryl methyl sites for hydroxylation is 1. The average molecular weight is 557 g/mol. The van der Waals surface area contributed by atoms with Crippen LogP contribution in [0.4, 0.5) is 34.1 Å². The van der Waals surface area contributed by atoms with Crippen molar-refractivity contribution in [1.29, 1.82) is 0 Å². The number of azo groups is 2. The highest BCUT2D eigenvalue weighted by atomic mass is 32.2. The third kappa shape index (κ3) is 7.48. The van der Waals surface area contributed by atoms with Crippen LogP contribution in [-0.2, 0) is 14.1 Å². The van der Waals surface area contributed by atoms with Gasteiger partial charge in [0.05, 0.1) is 56.0 Å². The van der Waals surface area contributed by atoms with Gasteiger partial charge in [-0.3, -0.25) is 0 Å². The van der Waals surface area contributed by atoms with Gasteiger partial charge in [-0.15, -0.1) is 19.7 Å². The van der Waals surface area contributed by atoms with Gasteiger partial charge in [0.2, 0.25) is 0 Å². The zero-order chi connectivity index (χ0) is 28.4. The minimum atomic E-state index is -1.25. The molecule has 0 aliphatic carbocycles. The molecule has 0 saturated carbocycles. The van der Waals surface area contributed by atoms with E-state index >= 15 is 0 Å². The van der Waals surface area contributed by atoms with Gasteiger partial charge in [0.1, 0.15) is 28.6 Å². The maximum atomic E-state index is 11.8. The van der Waals surface area contributed by atoms with Gasteiger partial charge in [0.25, 0.3) is 0 Å².